The van der Waals surface area contributed by atoms with Crippen molar-refractivity contribution >= 4 is 34.8 Å². The fourth-order valence-electron chi connectivity index (χ4n) is 1.41. The summed E-state index contributed by atoms with van der Waals surface area (Å²) in [5, 5.41) is 3.32. The Hall–Kier alpha value is -1.85. The zero-order valence-corrected chi connectivity index (χ0v) is 11.1. The van der Waals surface area contributed by atoms with Gasteiger partial charge >= 0.3 is 0 Å². The third kappa shape index (κ3) is 3.81. The molecule has 0 unspecified atom stereocenters. The number of carbonyl (C=O) groups is 1. The lowest BCUT2D eigenvalue weighted by molar-refractivity contribution is -0.116. The molecule has 1 amide bonds. The number of halogens is 2. The minimum Gasteiger partial charge on any atom is -0.325 e. The first-order chi connectivity index (χ1) is 9.04. The van der Waals surface area contributed by atoms with Crippen LogP contribution in [0.15, 0.2) is 41.5 Å². The van der Waals surface area contributed by atoms with Gasteiger partial charge in [0, 0.05) is 16.8 Å². The highest BCUT2D eigenvalue weighted by Crippen LogP contribution is 2.13. The van der Waals surface area contributed by atoms with Gasteiger partial charge in [0.15, 0.2) is 0 Å². The van der Waals surface area contributed by atoms with Crippen molar-refractivity contribution in [3.8, 4) is 0 Å². The summed E-state index contributed by atoms with van der Waals surface area (Å²) in [7, 11) is 0. The third-order valence-corrected chi connectivity index (χ3v) is 2.75. The van der Waals surface area contributed by atoms with Gasteiger partial charge in [0.2, 0.25) is 5.91 Å². The van der Waals surface area contributed by atoms with E-state index in [1.807, 2.05) is 0 Å². The fourth-order valence-corrected chi connectivity index (χ4v) is 1.67. The molecule has 0 aliphatic carbocycles. The Morgan fingerprint density at radius 2 is 1.95 bits per heavy atom. The van der Waals surface area contributed by atoms with Crippen LogP contribution in [0.5, 0.6) is 0 Å². The van der Waals surface area contributed by atoms with Gasteiger partial charge in [0.1, 0.15) is 11.7 Å². The Kier molecular flexibility index (Phi) is 4.19. The smallest absolute Gasteiger partial charge is 0.255 e. The first-order valence-electron chi connectivity index (χ1n) is 5.32. The average molecular weight is 298 g/mol. The second-order valence-corrected chi connectivity index (χ2v) is 4.56. The number of hydrogen-bond donors (Lipinski definition) is 1. The van der Waals surface area contributed by atoms with Crippen molar-refractivity contribution in [2.75, 3.05) is 5.32 Å². The van der Waals surface area contributed by atoms with Crippen molar-refractivity contribution in [3.05, 3.63) is 57.2 Å². The summed E-state index contributed by atoms with van der Waals surface area (Å²) in [6, 6.07) is 7.81. The van der Waals surface area contributed by atoms with Gasteiger partial charge in [-0.2, -0.15) is 0 Å². The third-order valence-electron chi connectivity index (χ3n) is 2.29. The van der Waals surface area contributed by atoms with Crippen molar-refractivity contribution in [2.45, 2.75) is 6.54 Å². The number of nitrogens with zero attached hydrogens (tertiary/aromatic N) is 2. The number of hydrogen-bond acceptors (Lipinski definition) is 3. The summed E-state index contributed by atoms with van der Waals surface area (Å²) in [6.07, 6.45) is 1.23. The highest BCUT2D eigenvalue weighted by atomic mass is 35.5. The summed E-state index contributed by atoms with van der Waals surface area (Å²) >= 11 is 11.3. The molecule has 0 aliphatic heterocycles. The molecule has 5 nitrogen and oxygen atoms in total. The minimum absolute atomic E-state index is 0.0966. The highest BCUT2D eigenvalue weighted by molar-refractivity contribution is 6.30. The number of rotatable bonds is 3. The SMILES string of the molecule is O=C(Cn1cnc(Cl)cc1=O)Nc1ccc(Cl)cc1. The van der Waals surface area contributed by atoms with Crippen LogP contribution in [-0.2, 0) is 11.3 Å². The monoisotopic (exact) mass is 297 g/mol. The molecule has 0 aliphatic rings. The largest absolute Gasteiger partial charge is 0.325 e. The van der Waals surface area contributed by atoms with Crippen LogP contribution in [0.2, 0.25) is 10.2 Å². The second-order valence-electron chi connectivity index (χ2n) is 3.73. The Bertz CT molecular complexity index is 653. The molecule has 0 bridgehead atoms. The molecular formula is C12H9Cl2N3O2. The van der Waals surface area contributed by atoms with Crippen LogP contribution in [0.1, 0.15) is 0 Å². The van der Waals surface area contributed by atoms with Gasteiger partial charge in [0.25, 0.3) is 5.56 Å². The zero-order chi connectivity index (χ0) is 13.8. The molecule has 0 radical (unpaired) electrons. The van der Waals surface area contributed by atoms with Crippen LogP contribution in [0.25, 0.3) is 0 Å². The quantitative estimate of drug-likeness (QED) is 0.883. The maximum atomic E-state index is 11.7. The van der Waals surface area contributed by atoms with E-state index in [9.17, 15) is 9.59 Å². The summed E-state index contributed by atoms with van der Waals surface area (Å²) in [5.74, 6) is -0.339. The number of nitrogens with one attached hydrogen (secondary N) is 1. The highest BCUT2D eigenvalue weighted by Gasteiger charge is 2.05. The van der Waals surface area contributed by atoms with Crippen LogP contribution < -0.4 is 10.9 Å². The molecule has 0 saturated heterocycles. The summed E-state index contributed by atoms with van der Waals surface area (Å²) in [6.45, 7) is -0.133. The molecular weight excluding hydrogens is 289 g/mol. The first kappa shape index (κ1) is 13.6. The van der Waals surface area contributed by atoms with E-state index in [4.69, 9.17) is 23.2 Å². The van der Waals surface area contributed by atoms with E-state index in [0.29, 0.717) is 10.7 Å². The van der Waals surface area contributed by atoms with E-state index >= 15 is 0 Å². The maximum Gasteiger partial charge on any atom is 0.255 e. The summed E-state index contributed by atoms with van der Waals surface area (Å²) in [5.41, 5.74) is 0.218. The minimum atomic E-state index is -0.383. The zero-order valence-electron chi connectivity index (χ0n) is 9.64. The van der Waals surface area contributed by atoms with E-state index in [2.05, 4.69) is 10.3 Å². The van der Waals surface area contributed by atoms with E-state index in [1.165, 1.54) is 6.33 Å². The predicted octanol–water partition coefficient (Wildman–Crippen LogP) is 2.19. The number of anilines is 1. The van der Waals surface area contributed by atoms with Crippen molar-refractivity contribution in [1.29, 1.82) is 0 Å². The van der Waals surface area contributed by atoms with Crippen molar-refractivity contribution < 1.29 is 4.79 Å². The molecule has 19 heavy (non-hydrogen) atoms. The predicted molar refractivity (Wildman–Crippen MR) is 73.6 cm³/mol. The Morgan fingerprint density at radius 1 is 1.26 bits per heavy atom. The summed E-state index contributed by atoms with van der Waals surface area (Å²) in [4.78, 5) is 27.0. The molecule has 1 heterocycles. The molecule has 1 aromatic carbocycles. The van der Waals surface area contributed by atoms with Crippen LogP contribution in [0, 0.1) is 0 Å². The molecule has 0 spiro atoms. The van der Waals surface area contributed by atoms with Gasteiger partial charge < -0.3 is 5.32 Å². The molecule has 0 atom stereocenters. The molecule has 2 aromatic rings. The molecule has 2 rings (SSSR count). The van der Waals surface area contributed by atoms with E-state index < -0.39 is 0 Å². The Balaban J connectivity index is 2.05. The van der Waals surface area contributed by atoms with Crippen molar-refractivity contribution in [1.82, 2.24) is 9.55 Å². The van der Waals surface area contributed by atoms with Gasteiger partial charge in [-0.25, -0.2) is 4.98 Å². The molecule has 1 aromatic heterocycles. The van der Waals surface area contributed by atoms with Gasteiger partial charge in [-0.15, -0.1) is 0 Å². The van der Waals surface area contributed by atoms with Crippen molar-refractivity contribution in [2.24, 2.45) is 0 Å². The lowest BCUT2D eigenvalue weighted by atomic mass is 10.3. The normalized spacial score (nSPS) is 10.2. The number of benzene rings is 1. The summed E-state index contributed by atoms with van der Waals surface area (Å²) < 4.78 is 1.16. The lowest BCUT2D eigenvalue weighted by Crippen LogP contribution is -2.27. The molecule has 7 heteroatoms. The molecule has 0 fully saturated rings. The van der Waals surface area contributed by atoms with E-state index in [1.54, 1.807) is 24.3 Å². The maximum absolute atomic E-state index is 11.7. The standard InChI is InChI=1S/C12H9Cl2N3O2/c13-8-1-3-9(4-2-8)16-11(18)6-17-7-15-10(14)5-12(17)19/h1-5,7H,6H2,(H,16,18). The van der Waals surface area contributed by atoms with Crippen molar-refractivity contribution in [3.63, 3.8) is 0 Å². The topological polar surface area (TPSA) is 64.0 Å². The number of amides is 1. The average Bonchev–Trinajstić information content (AvgIpc) is 2.36. The van der Waals surface area contributed by atoms with Crippen LogP contribution in [-0.4, -0.2) is 15.5 Å². The number of carbonyl (C=O) groups excluding carboxylic acids is 1. The molecule has 1 N–H and O–H groups in total. The first-order valence-corrected chi connectivity index (χ1v) is 6.07. The Labute approximate surface area is 118 Å². The van der Waals surface area contributed by atoms with E-state index in [-0.39, 0.29) is 23.2 Å². The van der Waals surface area contributed by atoms with Crippen LogP contribution in [0.4, 0.5) is 5.69 Å². The van der Waals surface area contributed by atoms with Crippen LogP contribution in [0.3, 0.4) is 0 Å². The van der Waals surface area contributed by atoms with Gasteiger partial charge in [-0.1, -0.05) is 23.2 Å². The fraction of sp³-hybridized carbons (Fsp3) is 0.0833. The Morgan fingerprint density at radius 3 is 2.58 bits per heavy atom. The van der Waals surface area contributed by atoms with Gasteiger partial charge in [-0.05, 0) is 24.3 Å². The van der Waals surface area contributed by atoms with Gasteiger partial charge in [-0.3, -0.25) is 14.2 Å². The molecule has 98 valence electrons. The van der Waals surface area contributed by atoms with E-state index in [0.717, 1.165) is 10.6 Å². The number of aromatic nitrogens is 2. The molecule has 0 saturated carbocycles. The second kappa shape index (κ2) is 5.86. The van der Waals surface area contributed by atoms with Crippen LogP contribution >= 0.6 is 23.2 Å². The van der Waals surface area contributed by atoms with Gasteiger partial charge in [0.05, 0.1) is 6.33 Å². The lowest BCUT2D eigenvalue weighted by Gasteiger charge is -2.06.